The van der Waals surface area contributed by atoms with Crippen molar-refractivity contribution in [3.05, 3.63) is 59.3 Å². The number of halogens is 1. The predicted molar refractivity (Wildman–Crippen MR) is 93.7 cm³/mol. The Bertz CT molecular complexity index is 796. The van der Waals surface area contributed by atoms with Crippen LogP contribution in [0, 0.1) is 11.7 Å². The highest BCUT2D eigenvalue weighted by atomic mass is 19.1. The minimum absolute atomic E-state index is 0.172. The highest BCUT2D eigenvalue weighted by Crippen LogP contribution is 2.47. The number of rotatable bonds is 6. The fourth-order valence-electron chi connectivity index (χ4n) is 2.82. The summed E-state index contributed by atoms with van der Waals surface area (Å²) in [6.45, 7) is 2.51. The van der Waals surface area contributed by atoms with Gasteiger partial charge in [0.05, 0.1) is 7.11 Å². The monoisotopic (exact) mass is 343 g/mol. The summed E-state index contributed by atoms with van der Waals surface area (Å²) in [7, 11) is 3.09. The maximum Gasteiger partial charge on any atom is 0.246 e. The molecule has 1 aliphatic rings. The number of carbonyl (C=O) groups excluding carboxylic acids is 1. The number of furan rings is 1. The lowest BCUT2D eigenvalue weighted by Crippen LogP contribution is -2.24. The fraction of sp³-hybridized carbons (Fsp3) is 0.350. The van der Waals surface area contributed by atoms with Crippen molar-refractivity contribution in [2.75, 3.05) is 14.2 Å². The molecule has 0 spiro atoms. The van der Waals surface area contributed by atoms with Crippen LogP contribution >= 0.6 is 0 Å². The standard InChI is InChI=1S/C20H22FNO3/c1-13-10-16(13)18-8-5-15(25-18)6-9-20(23)22(2)12-14-4-7-19(24-3)17(21)11-14/h4-9,11,13,16H,10,12H2,1-3H3/b9-6+. The summed E-state index contributed by atoms with van der Waals surface area (Å²) in [6.07, 6.45) is 4.31. The Morgan fingerprint density at radius 3 is 2.80 bits per heavy atom. The van der Waals surface area contributed by atoms with Crippen LogP contribution in [0.1, 0.15) is 36.3 Å². The van der Waals surface area contributed by atoms with Crippen LogP contribution in [-0.4, -0.2) is 25.0 Å². The Hall–Kier alpha value is -2.56. The van der Waals surface area contributed by atoms with Gasteiger partial charge in [0.15, 0.2) is 11.6 Å². The molecule has 1 amide bonds. The molecule has 5 heteroatoms. The Balaban J connectivity index is 1.58. The average Bonchev–Trinajstić information content (AvgIpc) is 3.13. The van der Waals surface area contributed by atoms with Crippen molar-refractivity contribution < 1.29 is 18.3 Å². The van der Waals surface area contributed by atoms with Crippen molar-refractivity contribution in [2.24, 2.45) is 5.92 Å². The molecule has 0 saturated heterocycles. The van der Waals surface area contributed by atoms with Gasteiger partial charge in [-0.2, -0.15) is 0 Å². The van der Waals surface area contributed by atoms with Gasteiger partial charge >= 0.3 is 0 Å². The Morgan fingerprint density at radius 2 is 2.16 bits per heavy atom. The third-order valence-electron chi connectivity index (χ3n) is 4.52. The van der Waals surface area contributed by atoms with E-state index in [1.165, 1.54) is 24.2 Å². The van der Waals surface area contributed by atoms with Gasteiger partial charge in [0, 0.05) is 25.6 Å². The summed E-state index contributed by atoms with van der Waals surface area (Å²) in [4.78, 5) is 13.7. The molecule has 0 radical (unpaired) electrons. The van der Waals surface area contributed by atoms with Crippen molar-refractivity contribution >= 4 is 12.0 Å². The van der Waals surface area contributed by atoms with E-state index < -0.39 is 5.82 Å². The predicted octanol–water partition coefficient (Wildman–Crippen LogP) is 4.22. The van der Waals surface area contributed by atoms with E-state index in [9.17, 15) is 9.18 Å². The molecule has 1 aliphatic carbocycles. The van der Waals surface area contributed by atoms with Gasteiger partial charge in [-0.1, -0.05) is 13.0 Å². The third kappa shape index (κ3) is 4.10. The molecule has 0 bridgehead atoms. The molecule has 4 nitrogen and oxygen atoms in total. The molecule has 2 aromatic rings. The maximum absolute atomic E-state index is 13.7. The Morgan fingerprint density at radius 1 is 1.40 bits per heavy atom. The van der Waals surface area contributed by atoms with Gasteiger partial charge in [0.2, 0.25) is 5.91 Å². The van der Waals surface area contributed by atoms with Crippen LogP contribution < -0.4 is 4.74 Å². The number of nitrogens with zero attached hydrogens (tertiary/aromatic N) is 1. The third-order valence-corrected chi connectivity index (χ3v) is 4.52. The molecule has 1 fully saturated rings. The van der Waals surface area contributed by atoms with Gasteiger partial charge in [0.25, 0.3) is 0 Å². The largest absolute Gasteiger partial charge is 0.494 e. The first-order valence-electron chi connectivity index (χ1n) is 8.33. The number of ether oxygens (including phenoxy) is 1. The van der Waals surface area contributed by atoms with E-state index in [2.05, 4.69) is 6.92 Å². The normalized spacial score (nSPS) is 19.2. The molecule has 132 valence electrons. The number of benzene rings is 1. The molecule has 0 aliphatic heterocycles. The van der Waals surface area contributed by atoms with Gasteiger partial charge in [-0.25, -0.2) is 4.39 Å². The number of hydrogen-bond acceptors (Lipinski definition) is 3. The van der Waals surface area contributed by atoms with Crippen molar-refractivity contribution in [2.45, 2.75) is 25.8 Å². The van der Waals surface area contributed by atoms with Crippen LogP contribution in [0.3, 0.4) is 0 Å². The maximum atomic E-state index is 13.7. The molecule has 1 aromatic heterocycles. The van der Waals surface area contributed by atoms with Crippen LogP contribution in [0.4, 0.5) is 4.39 Å². The first kappa shape index (κ1) is 17.3. The van der Waals surface area contributed by atoms with E-state index >= 15 is 0 Å². The van der Waals surface area contributed by atoms with E-state index in [-0.39, 0.29) is 11.7 Å². The second-order valence-electron chi connectivity index (χ2n) is 6.56. The molecule has 1 aromatic carbocycles. The smallest absolute Gasteiger partial charge is 0.246 e. The van der Waals surface area contributed by atoms with Crippen molar-refractivity contribution in [1.82, 2.24) is 4.90 Å². The summed E-state index contributed by atoms with van der Waals surface area (Å²) in [6, 6.07) is 8.53. The zero-order valence-electron chi connectivity index (χ0n) is 14.7. The molecule has 2 unspecified atom stereocenters. The lowest BCUT2D eigenvalue weighted by molar-refractivity contribution is -0.125. The van der Waals surface area contributed by atoms with Crippen molar-refractivity contribution in [3.8, 4) is 5.75 Å². The van der Waals surface area contributed by atoms with Gasteiger partial charge in [0.1, 0.15) is 11.5 Å². The van der Waals surface area contributed by atoms with E-state index in [4.69, 9.17) is 9.15 Å². The Kier molecular flexibility index (Phi) is 4.93. The molecule has 3 rings (SSSR count). The molecule has 2 atom stereocenters. The van der Waals surface area contributed by atoms with E-state index in [1.54, 1.807) is 25.3 Å². The zero-order valence-corrected chi connectivity index (χ0v) is 14.7. The number of likely N-dealkylation sites (N-methyl/N-ethyl adjacent to an activating group) is 1. The van der Waals surface area contributed by atoms with Crippen LogP contribution in [-0.2, 0) is 11.3 Å². The molecule has 0 N–H and O–H groups in total. The summed E-state index contributed by atoms with van der Waals surface area (Å²) >= 11 is 0. The van der Waals surface area contributed by atoms with Crippen molar-refractivity contribution in [3.63, 3.8) is 0 Å². The lowest BCUT2D eigenvalue weighted by Gasteiger charge is -2.15. The van der Waals surface area contributed by atoms with Gasteiger partial charge < -0.3 is 14.1 Å². The molecule has 25 heavy (non-hydrogen) atoms. The quantitative estimate of drug-likeness (QED) is 0.738. The summed E-state index contributed by atoms with van der Waals surface area (Å²) < 4.78 is 24.4. The zero-order chi connectivity index (χ0) is 18.0. The molecular formula is C20H22FNO3. The molecular weight excluding hydrogens is 321 g/mol. The SMILES string of the molecule is COc1ccc(CN(C)C(=O)/C=C/c2ccc(C3CC3C)o2)cc1F. The van der Waals surface area contributed by atoms with Crippen LogP contribution in [0.15, 0.2) is 40.8 Å². The minimum atomic E-state index is -0.436. The topological polar surface area (TPSA) is 42.7 Å². The highest BCUT2D eigenvalue weighted by molar-refractivity contribution is 5.91. The lowest BCUT2D eigenvalue weighted by atomic mass is 10.2. The van der Waals surface area contributed by atoms with Crippen LogP contribution in [0.5, 0.6) is 5.75 Å². The summed E-state index contributed by atoms with van der Waals surface area (Å²) in [5.41, 5.74) is 0.700. The summed E-state index contributed by atoms with van der Waals surface area (Å²) in [5, 5.41) is 0. The highest BCUT2D eigenvalue weighted by Gasteiger charge is 2.36. The summed E-state index contributed by atoms with van der Waals surface area (Å²) in [5.74, 6) is 2.44. The fourth-order valence-corrected chi connectivity index (χ4v) is 2.82. The van der Waals surface area contributed by atoms with Gasteiger partial charge in [-0.3, -0.25) is 4.79 Å². The second-order valence-corrected chi connectivity index (χ2v) is 6.56. The van der Waals surface area contributed by atoms with Crippen LogP contribution in [0.25, 0.3) is 6.08 Å². The Labute approximate surface area is 146 Å². The van der Waals surface area contributed by atoms with E-state index in [1.807, 2.05) is 12.1 Å². The molecule has 1 saturated carbocycles. The molecule has 1 heterocycles. The van der Waals surface area contributed by atoms with E-state index in [0.717, 1.165) is 12.2 Å². The number of amides is 1. The number of hydrogen-bond donors (Lipinski definition) is 0. The number of carbonyl (C=O) groups is 1. The minimum Gasteiger partial charge on any atom is -0.494 e. The van der Waals surface area contributed by atoms with Crippen LogP contribution in [0.2, 0.25) is 0 Å². The second kappa shape index (κ2) is 7.13. The average molecular weight is 343 g/mol. The van der Waals surface area contributed by atoms with Gasteiger partial charge in [-0.05, 0) is 48.2 Å². The number of methoxy groups -OCH3 is 1. The van der Waals surface area contributed by atoms with E-state index in [0.29, 0.717) is 29.7 Å². The van der Waals surface area contributed by atoms with Crippen molar-refractivity contribution in [1.29, 1.82) is 0 Å². The first-order valence-corrected chi connectivity index (χ1v) is 8.33. The first-order chi connectivity index (χ1) is 12.0. The van der Waals surface area contributed by atoms with Gasteiger partial charge in [-0.15, -0.1) is 0 Å².